The Kier molecular flexibility index (Phi) is 9.58. The number of sulfonamides is 1. The predicted molar refractivity (Wildman–Crippen MR) is 102 cm³/mol. The zero-order valence-corrected chi connectivity index (χ0v) is 16.3. The van der Waals surface area contributed by atoms with Crippen molar-refractivity contribution in [2.45, 2.75) is 11.3 Å². The second-order valence-electron chi connectivity index (χ2n) is 5.40. The molecule has 1 aromatic rings. The van der Waals surface area contributed by atoms with Crippen molar-refractivity contribution in [1.82, 2.24) is 10.2 Å². The smallest absolute Gasteiger partial charge is 0.238 e. The van der Waals surface area contributed by atoms with Gasteiger partial charge >= 0.3 is 0 Å². The van der Waals surface area contributed by atoms with Crippen LogP contribution in [-0.4, -0.2) is 63.5 Å². The average Bonchev–Trinajstić information content (AvgIpc) is 2.83. The molecule has 142 valence electrons. The van der Waals surface area contributed by atoms with E-state index in [0.29, 0.717) is 23.9 Å². The number of nitrogens with zero attached hydrogens (tertiary/aromatic N) is 1. The molecule has 0 saturated carbocycles. The average molecular weight is 410 g/mol. The number of carbonyl (C=O) groups excluding carboxylic acids is 1. The zero-order valence-electron chi connectivity index (χ0n) is 13.8. The molecule has 7 nitrogen and oxygen atoms in total. The first kappa shape index (κ1) is 22.0. The molecule has 1 saturated heterocycles. The first-order chi connectivity index (χ1) is 11.5. The number of amides is 1. The summed E-state index contributed by atoms with van der Waals surface area (Å²) in [6.07, 6.45) is 0.994. The number of carbonyl (C=O) groups is 1. The topological polar surface area (TPSA) is 102 Å². The zero-order chi connectivity index (χ0) is 17.4. The van der Waals surface area contributed by atoms with Gasteiger partial charge in [0.05, 0.1) is 17.3 Å². The summed E-state index contributed by atoms with van der Waals surface area (Å²) in [4.78, 5) is 14.0. The van der Waals surface area contributed by atoms with E-state index < -0.39 is 10.0 Å². The Labute approximate surface area is 159 Å². The van der Waals surface area contributed by atoms with Crippen LogP contribution in [0.3, 0.4) is 0 Å². The van der Waals surface area contributed by atoms with Crippen LogP contribution in [0.15, 0.2) is 29.2 Å². The molecule has 1 aliphatic rings. The highest BCUT2D eigenvalue weighted by Gasteiger charge is 2.14. The summed E-state index contributed by atoms with van der Waals surface area (Å²) in [5.41, 5.74) is 0. The number of primary sulfonamides is 1. The van der Waals surface area contributed by atoms with Crippen LogP contribution >= 0.6 is 24.2 Å². The Morgan fingerprint density at radius 3 is 2.64 bits per heavy atom. The van der Waals surface area contributed by atoms with E-state index in [0.717, 1.165) is 32.6 Å². The molecule has 0 radical (unpaired) electrons. The summed E-state index contributed by atoms with van der Waals surface area (Å²) < 4.78 is 27.8. The molecule has 0 aliphatic carbocycles. The van der Waals surface area contributed by atoms with Crippen molar-refractivity contribution in [3.63, 3.8) is 0 Å². The first-order valence-electron chi connectivity index (χ1n) is 7.79. The number of nitrogens with one attached hydrogen (secondary N) is 1. The number of nitrogens with two attached hydrogens (primary N) is 1. The molecule has 1 aromatic carbocycles. The van der Waals surface area contributed by atoms with E-state index in [-0.39, 0.29) is 23.2 Å². The molecule has 3 N–H and O–H groups in total. The van der Waals surface area contributed by atoms with E-state index in [2.05, 4.69) is 5.32 Å². The van der Waals surface area contributed by atoms with Crippen molar-refractivity contribution in [2.75, 3.05) is 44.3 Å². The molecule has 0 bridgehead atoms. The maximum absolute atomic E-state index is 12.1. The second kappa shape index (κ2) is 10.9. The third-order valence-corrected chi connectivity index (χ3v) is 5.40. The summed E-state index contributed by atoms with van der Waals surface area (Å²) in [5.74, 6) is 1.89. The molecule has 0 aromatic heterocycles. The maximum atomic E-state index is 12.1. The van der Waals surface area contributed by atoms with Crippen LogP contribution < -0.4 is 15.2 Å². The fraction of sp³-hybridized carbons (Fsp3) is 0.533. The minimum atomic E-state index is -3.68. The molecule has 10 heteroatoms. The Hall–Kier alpha value is -1.00. The number of hydrogen-bond acceptors (Lipinski definition) is 6. The molecule has 1 fully saturated rings. The minimum absolute atomic E-state index is 0. The summed E-state index contributed by atoms with van der Waals surface area (Å²) in [6, 6.07) is 5.96. The Morgan fingerprint density at radius 1 is 1.24 bits per heavy atom. The van der Waals surface area contributed by atoms with Crippen LogP contribution in [0.2, 0.25) is 0 Å². The van der Waals surface area contributed by atoms with Gasteiger partial charge in [-0.05, 0) is 37.2 Å². The number of rotatable bonds is 7. The SMILES string of the molecule is Cl.NS(=O)(=O)c1ccc(OCCSCC(=O)N2CCCNCC2)cc1. The van der Waals surface area contributed by atoms with E-state index in [1.54, 1.807) is 12.1 Å². The van der Waals surface area contributed by atoms with E-state index in [1.165, 1.54) is 23.9 Å². The molecule has 2 rings (SSSR count). The highest BCUT2D eigenvalue weighted by molar-refractivity contribution is 7.99. The molecule has 25 heavy (non-hydrogen) atoms. The molecule has 1 aliphatic heterocycles. The number of benzene rings is 1. The number of halogens is 1. The molecule has 1 heterocycles. The van der Waals surface area contributed by atoms with Crippen molar-refractivity contribution in [2.24, 2.45) is 5.14 Å². The lowest BCUT2D eigenvalue weighted by Gasteiger charge is -2.19. The van der Waals surface area contributed by atoms with Gasteiger partial charge < -0.3 is 15.0 Å². The predicted octanol–water partition coefficient (Wildman–Crippen LogP) is 0.690. The van der Waals surface area contributed by atoms with Crippen molar-refractivity contribution in [3.05, 3.63) is 24.3 Å². The molecule has 0 unspecified atom stereocenters. The van der Waals surface area contributed by atoms with Crippen molar-refractivity contribution >= 4 is 40.1 Å². The van der Waals surface area contributed by atoms with Crippen molar-refractivity contribution in [1.29, 1.82) is 0 Å². The van der Waals surface area contributed by atoms with Crippen LogP contribution in [0.1, 0.15) is 6.42 Å². The first-order valence-corrected chi connectivity index (χ1v) is 10.5. The van der Waals surface area contributed by atoms with E-state index in [4.69, 9.17) is 9.88 Å². The summed E-state index contributed by atoms with van der Waals surface area (Å²) in [5, 5.41) is 8.31. The third kappa shape index (κ3) is 7.83. The highest BCUT2D eigenvalue weighted by atomic mass is 35.5. The summed E-state index contributed by atoms with van der Waals surface area (Å²) >= 11 is 1.54. The van der Waals surface area contributed by atoms with Gasteiger partial charge in [0.15, 0.2) is 0 Å². The van der Waals surface area contributed by atoms with Crippen molar-refractivity contribution < 1.29 is 17.9 Å². The van der Waals surface area contributed by atoms with Gasteiger partial charge in [0, 0.05) is 25.4 Å². The maximum Gasteiger partial charge on any atom is 0.238 e. The standard InChI is InChI=1S/C15H23N3O4S2.ClH/c16-24(20,21)14-4-2-13(3-5-14)22-10-11-23-12-15(19)18-8-1-6-17-7-9-18;/h2-5,17H,1,6-12H2,(H2,16,20,21);1H. The van der Waals surface area contributed by atoms with Gasteiger partial charge in [0.2, 0.25) is 15.9 Å². The fourth-order valence-electron chi connectivity index (χ4n) is 2.29. The third-order valence-electron chi connectivity index (χ3n) is 3.57. The van der Waals surface area contributed by atoms with Crippen LogP contribution in [0.5, 0.6) is 5.75 Å². The van der Waals surface area contributed by atoms with Gasteiger partial charge in [-0.2, -0.15) is 0 Å². The van der Waals surface area contributed by atoms with E-state index >= 15 is 0 Å². The summed E-state index contributed by atoms with van der Waals surface area (Å²) in [7, 11) is -3.68. The number of thioether (sulfide) groups is 1. The quantitative estimate of drug-likeness (QED) is 0.642. The van der Waals surface area contributed by atoms with Gasteiger partial charge in [0.1, 0.15) is 5.75 Å². The fourth-order valence-corrected chi connectivity index (χ4v) is 3.51. The van der Waals surface area contributed by atoms with Crippen LogP contribution in [0.4, 0.5) is 0 Å². The van der Waals surface area contributed by atoms with Gasteiger partial charge in [-0.15, -0.1) is 24.2 Å². The monoisotopic (exact) mass is 409 g/mol. The van der Waals surface area contributed by atoms with Gasteiger partial charge in [0.25, 0.3) is 0 Å². The second-order valence-corrected chi connectivity index (χ2v) is 8.07. The molecular weight excluding hydrogens is 386 g/mol. The lowest BCUT2D eigenvalue weighted by atomic mass is 10.3. The highest BCUT2D eigenvalue weighted by Crippen LogP contribution is 2.15. The Balaban J connectivity index is 0.00000312. The molecule has 0 spiro atoms. The van der Waals surface area contributed by atoms with E-state index in [9.17, 15) is 13.2 Å². The Bertz CT molecular complexity index is 633. The number of hydrogen-bond donors (Lipinski definition) is 2. The van der Waals surface area contributed by atoms with Crippen molar-refractivity contribution in [3.8, 4) is 5.75 Å². The van der Waals surface area contributed by atoms with Crippen LogP contribution in [0, 0.1) is 0 Å². The Morgan fingerprint density at radius 2 is 1.96 bits per heavy atom. The van der Waals surface area contributed by atoms with Gasteiger partial charge in [-0.1, -0.05) is 0 Å². The molecule has 1 amide bonds. The van der Waals surface area contributed by atoms with Gasteiger partial charge in [-0.3, -0.25) is 4.79 Å². The lowest BCUT2D eigenvalue weighted by Crippen LogP contribution is -2.35. The van der Waals surface area contributed by atoms with Crippen LogP contribution in [-0.2, 0) is 14.8 Å². The normalized spacial score (nSPS) is 15.2. The van der Waals surface area contributed by atoms with Gasteiger partial charge in [-0.25, -0.2) is 13.6 Å². The minimum Gasteiger partial charge on any atom is -0.493 e. The van der Waals surface area contributed by atoms with E-state index in [1.807, 2.05) is 4.90 Å². The summed E-state index contributed by atoms with van der Waals surface area (Å²) in [6.45, 7) is 3.86. The van der Waals surface area contributed by atoms with Crippen LogP contribution in [0.25, 0.3) is 0 Å². The molecular formula is C15H24ClN3O4S2. The lowest BCUT2D eigenvalue weighted by molar-refractivity contribution is -0.128. The number of ether oxygens (including phenoxy) is 1. The largest absolute Gasteiger partial charge is 0.493 e. The molecule has 0 atom stereocenters.